The van der Waals surface area contributed by atoms with Gasteiger partial charge in [0.15, 0.2) is 0 Å². The maximum Gasteiger partial charge on any atom is 0.309 e. The highest BCUT2D eigenvalue weighted by atomic mass is 16.5. The lowest BCUT2D eigenvalue weighted by Gasteiger charge is -2.20. The highest BCUT2D eigenvalue weighted by molar-refractivity contribution is 5.72. The summed E-state index contributed by atoms with van der Waals surface area (Å²) >= 11 is 0. The number of nitrogens with one attached hydrogen (secondary N) is 1. The third-order valence-corrected chi connectivity index (χ3v) is 3.79. The van der Waals surface area contributed by atoms with E-state index in [1.807, 2.05) is 18.2 Å². The Morgan fingerprint density at radius 3 is 2.47 bits per heavy atom. The number of carbonyl (C=O) groups excluding carboxylic acids is 1. The van der Waals surface area contributed by atoms with Crippen LogP contribution in [0.4, 0.5) is 0 Å². The molecule has 0 aliphatic heterocycles. The van der Waals surface area contributed by atoms with Gasteiger partial charge in [-0.1, -0.05) is 44.5 Å². The van der Waals surface area contributed by atoms with E-state index in [2.05, 4.69) is 32.2 Å². The molecule has 106 valence electrons. The Balaban J connectivity index is 2.65. The van der Waals surface area contributed by atoms with Crippen molar-refractivity contribution in [1.29, 1.82) is 0 Å². The smallest absolute Gasteiger partial charge is 0.309 e. The second-order valence-corrected chi connectivity index (χ2v) is 5.08. The van der Waals surface area contributed by atoms with Crippen molar-refractivity contribution < 1.29 is 9.53 Å². The van der Waals surface area contributed by atoms with Gasteiger partial charge in [0.25, 0.3) is 0 Å². The third-order valence-electron chi connectivity index (χ3n) is 3.79. The summed E-state index contributed by atoms with van der Waals surface area (Å²) < 4.78 is 4.73. The molecule has 0 heterocycles. The minimum absolute atomic E-state index is 0.192. The Bertz CT molecular complexity index is 403. The number of ether oxygens (including phenoxy) is 1. The van der Waals surface area contributed by atoms with Gasteiger partial charge in [0.1, 0.15) is 0 Å². The summed E-state index contributed by atoms with van der Waals surface area (Å²) in [4.78, 5) is 11.4. The van der Waals surface area contributed by atoms with E-state index in [0.717, 1.165) is 18.5 Å². The summed E-state index contributed by atoms with van der Waals surface area (Å²) in [5, 5.41) is 3.53. The highest BCUT2D eigenvalue weighted by Gasteiger charge is 2.11. The fraction of sp³-hybridized carbons (Fsp3) is 0.562. The van der Waals surface area contributed by atoms with E-state index in [1.165, 1.54) is 12.7 Å². The SMILES string of the molecule is CCC(C)C(C)NCc1ccccc1CC(=O)OC. The molecule has 0 saturated carbocycles. The molecular formula is C16H25NO2. The summed E-state index contributed by atoms with van der Waals surface area (Å²) in [5.74, 6) is 0.454. The first kappa shape index (κ1) is 15.7. The second-order valence-electron chi connectivity index (χ2n) is 5.08. The van der Waals surface area contributed by atoms with Gasteiger partial charge < -0.3 is 10.1 Å². The zero-order valence-electron chi connectivity index (χ0n) is 12.4. The number of carbonyl (C=O) groups is 1. The van der Waals surface area contributed by atoms with Crippen LogP contribution in [0.2, 0.25) is 0 Å². The Morgan fingerprint density at radius 1 is 1.26 bits per heavy atom. The van der Waals surface area contributed by atoms with Crippen molar-refractivity contribution in [1.82, 2.24) is 5.32 Å². The lowest BCUT2D eigenvalue weighted by atomic mass is 9.99. The molecule has 2 atom stereocenters. The van der Waals surface area contributed by atoms with Crippen LogP contribution < -0.4 is 5.32 Å². The van der Waals surface area contributed by atoms with Crippen LogP contribution in [0.1, 0.15) is 38.3 Å². The molecule has 0 amide bonds. The van der Waals surface area contributed by atoms with Gasteiger partial charge in [0.2, 0.25) is 0 Å². The van der Waals surface area contributed by atoms with Crippen LogP contribution in [0.3, 0.4) is 0 Å². The number of hydrogen-bond donors (Lipinski definition) is 1. The van der Waals surface area contributed by atoms with E-state index in [9.17, 15) is 4.79 Å². The van der Waals surface area contributed by atoms with E-state index >= 15 is 0 Å². The number of rotatable bonds is 7. The molecule has 0 radical (unpaired) electrons. The van der Waals surface area contributed by atoms with E-state index in [0.29, 0.717) is 18.4 Å². The summed E-state index contributed by atoms with van der Waals surface area (Å²) in [6.07, 6.45) is 1.50. The molecule has 0 bridgehead atoms. The normalized spacial score (nSPS) is 13.9. The first-order chi connectivity index (χ1) is 9.08. The number of hydrogen-bond acceptors (Lipinski definition) is 3. The molecule has 0 aromatic heterocycles. The van der Waals surface area contributed by atoms with Crippen molar-refractivity contribution >= 4 is 5.97 Å². The maximum absolute atomic E-state index is 11.4. The van der Waals surface area contributed by atoms with E-state index in [4.69, 9.17) is 4.74 Å². The second kappa shape index (κ2) is 7.95. The molecule has 2 unspecified atom stereocenters. The molecule has 3 nitrogen and oxygen atoms in total. The van der Waals surface area contributed by atoms with Crippen molar-refractivity contribution in [3.8, 4) is 0 Å². The van der Waals surface area contributed by atoms with Crippen molar-refractivity contribution in [2.24, 2.45) is 5.92 Å². The van der Waals surface area contributed by atoms with Gasteiger partial charge in [-0.2, -0.15) is 0 Å². The van der Waals surface area contributed by atoms with Crippen LogP contribution in [0.25, 0.3) is 0 Å². The van der Waals surface area contributed by atoms with Crippen molar-refractivity contribution in [2.45, 2.75) is 46.2 Å². The quantitative estimate of drug-likeness (QED) is 0.769. The van der Waals surface area contributed by atoms with E-state index in [-0.39, 0.29) is 5.97 Å². The molecule has 1 aromatic rings. The van der Waals surface area contributed by atoms with Gasteiger partial charge in [-0.15, -0.1) is 0 Å². The molecule has 0 aliphatic rings. The molecule has 1 N–H and O–H groups in total. The molecule has 1 aromatic carbocycles. The van der Waals surface area contributed by atoms with Crippen molar-refractivity contribution in [3.63, 3.8) is 0 Å². The molecule has 0 saturated heterocycles. The van der Waals surface area contributed by atoms with Crippen LogP contribution in [0.15, 0.2) is 24.3 Å². The van der Waals surface area contributed by atoms with Crippen LogP contribution in [0, 0.1) is 5.92 Å². The Labute approximate surface area is 116 Å². The lowest BCUT2D eigenvalue weighted by Crippen LogP contribution is -2.31. The maximum atomic E-state index is 11.4. The Morgan fingerprint density at radius 2 is 1.89 bits per heavy atom. The molecule has 19 heavy (non-hydrogen) atoms. The molecule has 0 fully saturated rings. The monoisotopic (exact) mass is 263 g/mol. The summed E-state index contributed by atoms with van der Waals surface area (Å²) in [6, 6.07) is 8.48. The zero-order valence-corrected chi connectivity index (χ0v) is 12.4. The number of methoxy groups -OCH3 is 1. The van der Waals surface area contributed by atoms with Crippen LogP contribution >= 0.6 is 0 Å². The molecule has 0 aliphatic carbocycles. The van der Waals surface area contributed by atoms with Crippen LogP contribution in [-0.4, -0.2) is 19.1 Å². The van der Waals surface area contributed by atoms with E-state index in [1.54, 1.807) is 0 Å². The highest BCUT2D eigenvalue weighted by Crippen LogP contribution is 2.12. The van der Waals surface area contributed by atoms with Gasteiger partial charge in [0, 0.05) is 12.6 Å². The number of benzene rings is 1. The van der Waals surface area contributed by atoms with Gasteiger partial charge in [-0.3, -0.25) is 4.79 Å². The Kier molecular flexibility index (Phi) is 6.57. The van der Waals surface area contributed by atoms with Gasteiger partial charge in [0.05, 0.1) is 13.5 Å². The van der Waals surface area contributed by atoms with Crippen molar-refractivity contribution in [3.05, 3.63) is 35.4 Å². The predicted octanol–water partition coefficient (Wildman–Crippen LogP) is 2.93. The minimum atomic E-state index is -0.192. The molecule has 3 heteroatoms. The minimum Gasteiger partial charge on any atom is -0.469 e. The van der Waals surface area contributed by atoms with Gasteiger partial charge >= 0.3 is 5.97 Å². The first-order valence-corrected chi connectivity index (χ1v) is 6.95. The molecule has 0 spiro atoms. The third kappa shape index (κ3) is 5.03. The summed E-state index contributed by atoms with van der Waals surface area (Å²) in [5.41, 5.74) is 2.21. The number of esters is 1. The summed E-state index contributed by atoms with van der Waals surface area (Å²) in [7, 11) is 1.42. The Hall–Kier alpha value is -1.35. The van der Waals surface area contributed by atoms with Crippen LogP contribution in [-0.2, 0) is 22.5 Å². The average molecular weight is 263 g/mol. The van der Waals surface area contributed by atoms with Gasteiger partial charge in [-0.05, 0) is 24.0 Å². The standard InChI is InChI=1S/C16H25NO2/c1-5-12(2)13(3)17-11-15-9-7-6-8-14(15)10-16(18)19-4/h6-9,12-13,17H,5,10-11H2,1-4H3. The topological polar surface area (TPSA) is 38.3 Å². The van der Waals surface area contributed by atoms with Gasteiger partial charge in [-0.25, -0.2) is 0 Å². The van der Waals surface area contributed by atoms with Crippen molar-refractivity contribution in [2.75, 3.05) is 7.11 Å². The predicted molar refractivity (Wildman–Crippen MR) is 77.9 cm³/mol. The largest absolute Gasteiger partial charge is 0.469 e. The average Bonchev–Trinajstić information content (AvgIpc) is 2.44. The first-order valence-electron chi connectivity index (χ1n) is 6.95. The lowest BCUT2D eigenvalue weighted by molar-refractivity contribution is -0.139. The zero-order chi connectivity index (χ0) is 14.3. The summed E-state index contributed by atoms with van der Waals surface area (Å²) in [6.45, 7) is 7.45. The van der Waals surface area contributed by atoms with E-state index < -0.39 is 0 Å². The fourth-order valence-corrected chi connectivity index (χ4v) is 1.96. The van der Waals surface area contributed by atoms with Crippen LogP contribution in [0.5, 0.6) is 0 Å². The molecule has 1 rings (SSSR count). The fourth-order valence-electron chi connectivity index (χ4n) is 1.96. The molecular weight excluding hydrogens is 238 g/mol.